The van der Waals surface area contributed by atoms with Crippen LogP contribution in [0.1, 0.15) is 33.1 Å². The van der Waals surface area contributed by atoms with Gasteiger partial charge in [-0.2, -0.15) is 5.48 Å². The van der Waals surface area contributed by atoms with E-state index in [1.807, 2.05) is 14.0 Å². The van der Waals surface area contributed by atoms with Gasteiger partial charge in [-0.1, -0.05) is 6.42 Å². The number of hydrogen-bond donors (Lipinski definition) is 2. The van der Waals surface area contributed by atoms with Gasteiger partial charge in [0, 0.05) is 19.7 Å². The zero-order valence-corrected chi connectivity index (χ0v) is 13.7. The fourth-order valence-corrected chi connectivity index (χ4v) is 3.17. The van der Waals surface area contributed by atoms with Crippen molar-refractivity contribution in [1.82, 2.24) is 15.7 Å². The van der Waals surface area contributed by atoms with Crippen molar-refractivity contribution in [3.63, 3.8) is 0 Å². The number of likely N-dealkylation sites (N-methyl/N-ethyl adjacent to an activating group) is 1. The summed E-state index contributed by atoms with van der Waals surface area (Å²) in [6, 6.07) is 0. The third-order valence-electron chi connectivity index (χ3n) is 4.26. The Hall–Kier alpha value is -0.240. The Balaban J connectivity index is 1.88. The molecule has 124 valence electrons. The molecule has 6 heteroatoms. The average Bonchev–Trinajstić information content (AvgIpc) is 2.49. The predicted octanol–water partition coefficient (Wildman–Crippen LogP) is 0.733. The molecule has 0 spiro atoms. The van der Waals surface area contributed by atoms with Gasteiger partial charge in [0.05, 0.1) is 12.7 Å². The highest BCUT2D eigenvalue weighted by Crippen LogP contribution is 2.21. The van der Waals surface area contributed by atoms with E-state index in [0.717, 1.165) is 6.54 Å². The van der Waals surface area contributed by atoms with Gasteiger partial charge < -0.3 is 19.7 Å². The molecule has 3 atom stereocenters. The highest BCUT2D eigenvalue weighted by molar-refractivity contribution is 4.87. The predicted molar refractivity (Wildman–Crippen MR) is 82.0 cm³/mol. The van der Waals surface area contributed by atoms with E-state index in [1.165, 1.54) is 32.4 Å². The van der Waals surface area contributed by atoms with Crippen LogP contribution < -0.4 is 10.8 Å². The second-order valence-corrected chi connectivity index (χ2v) is 6.20. The molecule has 0 radical (unpaired) electrons. The molecule has 0 saturated carbocycles. The molecule has 0 aromatic carbocycles. The SMILES string of the molecule is CCOC(C)(CNC)C1NOCC(CN2CCCCC2)O1. The van der Waals surface area contributed by atoms with Crippen LogP contribution in [0.4, 0.5) is 0 Å². The first-order chi connectivity index (χ1) is 10.2. The maximum Gasteiger partial charge on any atom is 0.160 e. The van der Waals surface area contributed by atoms with Crippen molar-refractivity contribution in [2.45, 2.75) is 51.0 Å². The van der Waals surface area contributed by atoms with Gasteiger partial charge in [-0.05, 0) is 46.8 Å². The van der Waals surface area contributed by atoms with Gasteiger partial charge >= 0.3 is 0 Å². The molecule has 2 heterocycles. The van der Waals surface area contributed by atoms with Crippen LogP contribution in [-0.2, 0) is 14.3 Å². The lowest BCUT2D eigenvalue weighted by Crippen LogP contribution is -2.62. The topological polar surface area (TPSA) is 55.0 Å². The van der Waals surface area contributed by atoms with E-state index in [2.05, 4.69) is 22.6 Å². The molecule has 0 aromatic rings. The maximum atomic E-state index is 6.22. The lowest BCUT2D eigenvalue weighted by atomic mass is 10.0. The summed E-state index contributed by atoms with van der Waals surface area (Å²) in [5.74, 6) is 0. The first kappa shape index (κ1) is 17.1. The summed E-state index contributed by atoms with van der Waals surface area (Å²) in [6.07, 6.45) is 3.80. The summed E-state index contributed by atoms with van der Waals surface area (Å²) < 4.78 is 12.1. The van der Waals surface area contributed by atoms with Crippen LogP contribution in [0.2, 0.25) is 0 Å². The number of nitrogens with one attached hydrogen (secondary N) is 2. The molecule has 6 nitrogen and oxygen atoms in total. The largest absolute Gasteiger partial charge is 0.370 e. The summed E-state index contributed by atoms with van der Waals surface area (Å²) >= 11 is 0. The van der Waals surface area contributed by atoms with E-state index in [1.54, 1.807) is 0 Å². The molecule has 0 aromatic heterocycles. The number of likely N-dealkylation sites (tertiary alicyclic amines) is 1. The Morgan fingerprint density at radius 1 is 1.33 bits per heavy atom. The molecule has 2 N–H and O–H groups in total. The third kappa shape index (κ3) is 4.87. The zero-order valence-electron chi connectivity index (χ0n) is 13.7. The summed E-state index contributed by atoms with van der Waals surface area (Å²) in [7, 11) is 1.92. The zero-order chi connectivity index (χ0) is 15.1. The average molecular weight is 301 g/mol. The third-order valence-corrected chi connectivity index (χ3v) is 4.26. The standard InChI is InChI=1S/C15H31N3O3/c1-4-19-15(2,12-16-3)14-17-20-11-13(21-14)10-18-8-6-5-7-9-18/h13-14,16-17H,4-12H2,1-3H3. The van der Waals surface area contributed by atoms with Crippen LogP contribution in [0, 0.1) is 0 Å². The smallest absolute Gasteiger partial charge is 0.160 e. The van der Waals surface area contributed by atoms with Crippen molar-refractivity contribution in [3.8, 4) is 0 Å². The van der Waals surface area contributed by atoms with Crippen molar-refractivity contribution in [2.24, 2.45) is 0 Å². The van der Waals surface area contributed by atoms with Crippen LogP contribution in [0.15, 0.2) is 0 Å². The second-order valence-electron chi connectivity index (χ2n) is 6.20. The second kappa shape index (κ2) is 8.41. The van der Waals surface area contributed by atoms with Gasteiger partial charge in [-0.3, -0.25) is 4.84 Å². The van der Waals surface area contributed by atoms with E-state index in [0.29, 0.717) is 19.8 Å². The Morgan fingerprint density at radius 2 is 2.10 bits per heavy atom. The summed E-state index contributed by atoms with van der Waals surface area (Å²) in [6.45, 7) is 9.30. The normalized spacial score (nSPS) is 31.0. The highest BCUT2D eigenvalue weighted by atomic mass is 16.7. The van der Waals surface area contributed by atoms with Crippen molar-refractivity contribution >= 4 is 0 Å². The monoisotopic (exact) mass is 301 g/mol. The van der Waals surface area contributed by atoms with Crippen molar-refractivity contribution < 1.29 is 14.3 Å². The lowest BCUT2D eigenvalue weighted by Gasteiger charge is -2.42. The van der Waals surface area contributed by atoms with Gasteiger partial charge in [0.25, 0.3) is 0 Å². The molecule has 2 rings (SSSR count). The first-order valence-electron chi connectivity index (χ1n) is 8.21. The van der Waals surface area contributed by atoms with Crippen LogP contribution in [0.5, 0.6) is 0 Å². The van der Waals surface area contributed by atoms with Crippen LogP contribution in [-0.4, -0.2) is 69.3 Å². The molecular formula is C15H31N3O3. The van der Waals surface area contributed by atoms with Crippen LogP contribution >= 0.6 is 0 Å². The first-order valence-corrected chi connectivity index (χ1v) is 8.21. The Kier molecular flexibility index (Phi) is 6.85. The summed E-state index contributed by atoms with van der Waals surface area (Å²) in [5.41, 5.74) is 2.55. The minimum Gasteiger partial charge on any atom is -0.370 e. The van der Waals surface area contributed by atoms with Gasteiger partial charge in [-0.15, -0.1) is 0 Å². The molecule has 0 bridgehead atoms. The number of hydroxylamine groups is 1. The Morgan fingerprint density at radius 3 is 2.76 bits per heavy atom. The fraction of sp³-hybridized carbons (Fsp3) is 1.00. The molecule has 2 aliphatic rings. The highest BCUT2D eigenvalue weighted by Gasteiger charge is 2.40. The molecule has 3 unspecified atom stereocenters. The van der Waals surface area contributed by atoms with Crippen molar-refractivity contribution in [3.05, 3.63) is 0 Å². The number of hydrogen-bond acceptors (Lipinski definition) is 6. The van der Waals surface area contributed by atoms with Crippen molar-refractivity contribution in [1.29, 1.82) is 0 Å². The van der Waals surface area contributed by atoms with Crippen LogP contribution in [0.3, 0.4) is 0 Å². The number of rotatable bonds is 7. The van der Waals surface area contributed by atoms with E-state index < -0.39 is 5.60 Å². The van der Waals surface area contributed by atoms with Crippen LogP contribution in [0.25, 0.3) is 0 Å². The minimum absolute atomic E-state index is 0.103. The summed E-state index contributed by atoms with van der Waals surface area (Å²) in [5, 5.41) is 3.18. The number of piperidine rings is 1. The van der Waals surface area contributed by atoms with Crippen molar-refractivity contribution in [2.75, 3.05) is 46.4 Å². The van der Waals surface area contributed by atoms with E-state index in [4.69, 9.17) is 14.3 Å². The number of ether oxygens (including phenoxy) is 2. The fourth-order valence-electron chi connectivity index (χ4n) is 3.17. The quantitative estimate of drug-likeness (QED) is 0.723. The summed E-state index contributed by atoms with van der Waals surface area (Å²) in [4.78, 5) is 8.05. The van der Waals surface area contributed by atoms with Gasteiger partial charge in [0.15, 0.2) is 6.23 Å². The molecule has 2 aliphatic heterocycles. The minimum atomic E-state index is -0.440. The lowest BCUT2D eigenvalue weighted by molar-refractivity contribution is -0.260. The van der Waals surface area contributed by atoms with E-state index in [9.17, 15) is 0 Å². The van der Waals surface area contributed by atoms with Gasteiger partial charge in [0.1, 0.15) is 5.60 Å². The van der Waals surface area contributed by atoms with Gasteiger partial charge in [-0.25, -0.2) is 0 Å². The van der Waals surface area contributed by atoms with Gasteiger partial charge in [0.2, 0.25) is 0 Å². The molecule has 2 saturated heterocycles. The maximum absolute atomic E-state index is 6.22. The molecular weight excluding hydrogens is 270 g/mol. The number of nitrogens with zero attached hydrogens (tertiary/aromatic N) is 1. The van der Waals surface area contributed by atoms with E-state index in [-0.39, 0.29) is 12.3 Å². The Labute approximate surface area is 128 Å². The molecule has 2 fully saturated rings. The Bertz CT molecular complexity index is 292. The van der Waals surface area contributed by atoms with E-state index >= 15 is 0 Å². The molecule has 0 aliphatic carbocycles. The molecule has 21 heavy (non-hydrogen) atoms. The molecule has 0 amide bonds.